The first-order valence-electron chi connectivity index (χ1n) is 5.85. The van der Waals surface area contributed by atoms with Crippen molar-refractivity contribution in [3.8, 4) is 11.4 Å². The highest BCUT2D eigenvalue weighted by molar-refractivity contribution is 5.54. The largest absolute Gasteiger partial charge is 0.379 e. The molecule has 5 nitrogen and oxygen atoms in total. The minimum Gasteiger partial charge on any atom is -0.379 e. The van der Waals surface area contributed by atoms with Crippen LogP contribution in [0.15, 0.2) is 16.7 Å². The summed E-state index contributed by atoms with van der Waals surface area (Å²) in [5, 5.41) is 3.61. The number of nitrogens with zero attached hydrogens (tertiary/aromatic N) is 2. The second-order valence-electron chi connectivity index (χ2n) is 4.64. The number of hydrogen-bond donors (Lipinski definition) is 1. The van der Waals surface area contributed by atoms with Crippen LogP contribution in [-0.4, -0.2) is 23.4 Å². The van der Waals surface area contributed by atoms with Crippen LogP contribution in [0.25, 0.3) is 11.4 Å². The second kappa shape index (κ2) is 4.57. The van der Waals surface area contributed by atoms with Gasteiger partial charge in [-0.2, -0.15) is 4.98 Å². The quantitative estimate of drug-likeness (QED) is 0.850. The molecule has 0 spiro atoms. The molecule has 1 fully saturated rings. The molecule has 1 unspecified atom stereocenters. The Bertz CT molecular complexity index is 630. The van der Waals surface area contributed by atoms with E-state index in [9.17, 15) is 13.2 Å². The third-order valence-electron chi connectivity index (χ3n) is 3.15. The summed E-state index contributed by atoms with van der Waals surface area (Å²) in [6.07, 6.45) is 0.501. The number of rotatable bonds is 2. The molecule has 0 aliphatic carbocycles. The molecule has 1 aliphatic rings. The lowest BCUT2D eigenvalue weighted by atomic mass is 10.0. The van der Waals surface area contributed by atoms with Crippen LogP contribution in [0.2, 0.25) is 0 Å². The highest BCUT2D eigenvalue weighted by Gasteiger charge is 2.38. The van der Waals surface area contributed by atoms with Gasteiger partial charge in [-0.1, -0.05) is 5.16 Å². The van der Waals surface area contributed by atoms with Crippen LogP contribution in [0.4, 0.5) is 13.2 Å². The maximum Gasteiger partial charge on any atom is 0.249 e. The number of aromatic nitrogens is 2. The Hall–Kier alpha value is -1.93. The Labute approximate surface area is 111 Å². The molecule has 20 heavy (non-hydrogen) atoms. The van der Waals surface area contributed by atoms with Gasteiger partial charge in [-0.05, 0) is 18.6 Å². The molecule has 2 N–H and O–H groups in total. The van der Waals surface area contributed by atoms with E-state index in [1.807, 2.05) is 0 Å². The summed E-state index contributed by atoms with van der Waals surface area (Å²) < 4.78 is 49.4. The molecule has 2 aromatic rings. The topological polar surface area (TPSA) is 74.2 Å². The van der Waals surface area contributed by atoms with Gasteiger partial charge in [0.15, 0.2) is 17.5 Å². The molecule has 0 radical (unpaired) electrons. The Balaban J connectivity index is 1.98. The number of ether oxygens (including phenoxy) is 1. The van der Waals surface area contributed by atoms with Crippen molar-refractivity contribution in [1.82, 2.24) is 10.1 Å². The predicted molar refractivity (Wildman–Crippen MR) is 60.9 cm³/mol. The van der Waals surface area contributed by atoms with Crippen molar-refractivity contribution in [2.45, 2.75) is 12.0 Å². The predicted octanol–water partition coefficient (Wildman–Crippen LogP) is 1.73. The summed E-state index contributed by atoms with van der Waals surface area (Å²) in [5.41, 5.74) is 5.10. The van der Waals surface area contributed by atoms with Crippen molar-refractivity contribution in [2.75, 3.05) is 13.2 Å². The van der Waals surface area contributed by atoms with E-state index in [1.54, 1.807) is 0 Å². The smallest absolute Gasteiger partial charge is 0.249 e. The van der Waals surface area contributed by atoms with Gasteiger partial charge < -0.3 is 15.0 Å². The van der Waals surface area contributed by atoms with Crippen LogP contribution in [0.3, 0.4) is 0 Å². The molecule has 8 heteroatoms. The van der Waals surface area contributed by atoms with Crippen molar-refractivity contribution in [3.63, 3.8) is 0 Å². The van der Waals surface area contributed by atoms with E-state index in [0.29, 0.717) is 13.0 Å². The van der Waals surface area contributed by atoms with Crippen molar-refractivity contribution in [2.24, 2.45) is 5.73 Å². The van der Waals surface area contributed by atoms with Gasteiger partial charge in [0.25, 0.3) is 0 Å². The summed E-state index contributed by atoms with van der Waals surface area (Å²) >= 11 is 0. The molecule has 0 bridgehead atoms. The van der Waals surface area contributed by atoms with E-state index in [2.05, 4.69) is 10.1 Å². The van der Waals surface area contributed by atoms with Crippen molar-refractivity contribution < 1.29 is 22.4 Å². The van der Waals surface area contributed by atoms with Crippen LogP contribution in [0.5, 0.6) is 0 Å². The summed E-state index contributed by atoms with van der Waals surface area (Å²) in [4.78, 5) is 4.01. The number of nitrogens with two attached hydrogens (primary N) is 1. The standard InChI is InChI=1S/C12H10F3N3O2/c13-7-3-6(4-8(14)9(7)15)10-17-11(20-18-10)12(16)1-2-19-5-12/h3-4H,1-2,5,16H2. The molecular formula is C12H10F3N3O2. The monoisotopic (exact) mass is 285 g/mol. The van der Waals surface area contributed by atoms with Crippen molar-refractivity contribution >= 4 is 0 Å². The number of benzene rings is 1. The third-order valence-corrected chi connectivity index (χ3v) is 3.15. The highest BCUT2D eigenvalue weighted by atomic mass is 19.2. The molecule has 1 atom stereocenters. The normalized spacial score (nSPS) is 22.4. The summed E-state index contributed by atoms with van der Waals surface area (Å²) in [6.45, 7) is 0.689. The summed E-state index contributed by atoms with van der Waals surface area (Å²) in [5.74, 6) is -4.13. The maximum atomic E-state index is 13.2. The first-order chi connectivity index (χ1) is 9.49. The molecule has 1 aliphatic heterocycles. The zero-order chi connectivity index (χ0) is 14.3. The molecule has 0 amide bonds. The fourth-order valence-corrected chi connectivity index (χ4v) is 1.98. The van der Waals surface area contributed by atoms with Gasteiger partial charge in [-0.3, -0.25) is 0 Å². The van der Waals surface area contributed by atoms with Gasteiger partial charge in [0.05, 0.1) is 6.61 Å². The molecule has 1 saturated heterocycles. The number of hydrogen-bond acceptors (Lipinski definition) is 5. The third kappa shape index (κ3) is 2.06. The van der Waals surface area contributed by atoms with Gasteiger partial charge in [-0.15, -0.1) is 0 Å². The molecular weight excluding hydrogens is 275 g/mol. The van der Waals surface area contributed by atoms with Gasteiger partial charge >= 0.3 is 0 Å². The lowest BCUT2D eigenvalue weighted by molar-refractivity contribution is 0.166. The van der Waals surface area contributed by atoms with Crippen molar-refractivity contribution in [3.05, 3.63) is 35.5 Å². The zero-order valence-corrected chi connectivity index (χ0v) is 10.2. The average Bonchev–Trinajstić information content (AvgIpc) is 3.05. The zero-order valence-electron chi connectivity index (χ0n) is 10.2. The first kappa shape index (κ1) is 13.1. The number of halogens is 3. The Morgan fingerprint density at radius 3 is 2.50 bits per heavy atom. The Kier molecular flexibility index (Phi) is 2.98. The molecule has 106 valence electrons. The highest BCUT2D eigenvalue weighted by Crippen LogP contribution is 2.28. The second-order valence-corrected chi connectivity index (χ2v) is 4.64. The van der Waals surface area contributed by atoms with Gasteiger partial charge in [0.1, 0.15) is 5.54 Å². The minimum absolute atomic E-state index is 0.0288. The molecule has 3 rings (SSSR count). The molecule has 2 heterocycles. The lowest BCUT2D eigenvalue weighted by Crippen LogP contribution is -2.37. The van der Waals surface area contributed by atoms with Crippen molar-refractivity contribution in [1.29, 1.82) is 0 Å². The van der Waals surface area contributed by atoms with Gasteiger partial charge in [-0.25, -0.2) is 13.2 Å². The fraction of sp³-hybridized carbons (Fsp3) is 0.333. The molecule has 1 aromatic carbocycles. The minimum atomic E-state index is -1.54. The van der Waals surface area contributed by atoms with E-state index in [-0.39, 0.29) is 23.9 Å². The van der Waals surface area contributed by atoms with E-state index in [4.69, 9.17) is 15.0 Å². The average molecular weight is 285 g/mol. The van der Waals surface area contributed by atoms with Crippen LogP contribution >= 0.6 is 0 Å². The van der Waals surface area contributed by atoms with Crippen LogP contribution in [0.1, 0.15) is 12.3 Å². The van der Waals surface area contributed by atoms with E-state index in [0.717, 1.165) is 12.1 Å². The van der Waals surface area contributed by atoms with Crippen LogP contribution in [0, 0.1) is 17.5 Å². The van der Waals surface area contributed by atoms with Gasteiger partial charge in [0.2, 0.25) is 11.7 Å². The van der Waals surface area contributed by atoms with Crippen LogP contribution in [-0.2, 0) is 10.3 Å². The Morgan fingerprint density at radius 2 is 1.90 bits per heavy atom. The fourth-order valence-electron chi connectivity index (χ4n) is 1.98. The summed E-state index contributed by atoms with van der Waals surface area (Å²) in [7, 11) is 0. The first-order valence-corrected chi connectivity index (χ1v) is 5.85. The summed E-state index contributed by atoms with van der Waals surface area (Å²) in [6, 6.07) is 1.59. The lowest BCUT2D eigenvalue weighted by Gasteiger charge is -2.14. The van der Waals surface area contributed by atoms with Gasteiger partial charge in [0, 0.05) is 12.2 Å². The van der Waals surface area contributed by atoms with E-state index >= 15 is 0 Å². The molecule has 0 saturated carbocycles. The van der Waals surface area contributed by atoms with E-state index in [1.165, 1.54) is 0 Å². The molecule has 1 aromatic heterocycles. The maximum absolute atomic E-state index is 13.2. The Morgan fingerprint density at radius 1 is 1.20 bits per heavy atom. The SMILES string of the molecule is NC1(c2nc(-c3cc(F)c(F)c(F)c3)no2)CCOC1. The van der Waals surface area contributed by atoms with E-state index < -0.39 is 23.0 Å². The van der Waals surface area contributed by atoms with Crippen LogP contribution < -0.4 is 5.73 Å².